The van der Waals surface area contributed by atoms with Crippen LogP contribution in [0.1, 0.15) is 38.3 Å². The Bertz CT molecular complexity index is 420. The minimum absolute atomic E-state index is 0.184. The monoisotopic (exact) mass is 279 g/mol. The van der Waals surface area contributed by atoms with Crippen molar-refractivity contribution in [2.45, 2.75) is 32.7 Å². The molecule has 1 aliphatic rings. The van der Waals surface area contributed by atoms with Crippen molar-refractivity contribution in [1.82, 2.24) is 5.32 Å². The lowest BCUT2D eigenvalue weighted by molar-refractivity contribution is 0.108. The quantitative estimate of drug-likeness (QED) is 0.742. The van der Waals surface area contributed by atoms with E-state index in [0.717, 1.165) is 30.4 Å². The van der Waals surface area contributed by atoms with Gasteiger partial charge in [-0.2, -0.15) is 0 Å². The molecule has 112 valence electrons. The zero-order valence-corrected chi connectivity index (χ0v) is 12.6. The SMILES string of the molecule is CNC(COCCCC(C)C)c1ccc2c(c1)OCO2. The van der Waals surface area contributed by atoms with Crippen LogP contribution in [-0.2, 0) is 4.74 Å². The predicted molar refractivity (Wildman–Crippen MR) is 79.3 cm³/mol. The largest absolute Gasteiger partial charge is 0.454 e. The summed E-state index contributed by atoms with van der Waals surface area (Å²) in [6.45, 7) is 6.29. The van der Waals surface area contributed by atoms with Gasteiger partial charge in [-0.3, -0.25) is 0 Å². The van der Waals surface area contributed by atoms with Gasteiger partial charge in [0, 0.05) is 6.61 Å². The molecule has 2 rings (SSSR count). The van der Waals surface area contributed by atoms with E-state index in [2.05, 4.69) is 25.2 Å². The van der Waals surface area contributed by atoms with E-state index in [4.69, 9.17) is 14.2 Å². The molecule has 1 aliphatic heterocycles. The van der Waals surface area contributed by atoms with Crippen molar-refractivity contribution in [2.24, 2.45) is 5.92 Å². The first kappa shape index (κ1) is 15.1. The van der Waals surface area contributed by atoms with Gasteiger partial charge < -0.3 is 19.5 Å². The highest BCUT2D eigenvalue weighted by Gasteiger charge is 2.17. The van der Waals surface area contributed by atoms with E-state index >= 15 is 0 Å². The number of hydrogen-bond acceptors (Lipinski definition) is 4. The molecule has 1 atom stereocenters. The molecular weight excluding hydrogens is 254 g/mol. The fraction of sp³-hybridized carbons (Fsp3) is 0.625. The molecule has 1 aromatic rings. The molecule has 0 aromatic heterocycles. The highest BCUT2D eigenvalue weighted by atomic mass is 16.7. The Kier molecular flexibility index (Phi) is 5.68. The molecule has 4 nitrogen and oxygen atoms in total. The van der Waals surface area contributed by atoms with Crippen molar-refractivity contribution >= 4 is 0 Å². The van der Waals surface area contributed by atoms with Crippen LogP contribution >= 0.6 is 0 Å². The molecule has 0 bridgehead atoms. The first-order valence-electron chi connectivity index (χ1n) is 7.35. The summed E-state index contributed by atoms with van der Waals surface area (Å²) in [5, 5.41) is 3.29. The fourth-order valence-corrected chi connectivity index (χ4v) is 2.27. The fourth-order valence-electron chi connectivity index (χ4n) is 2.27. The highest BCUT2D eigenvalue weighted by Crippen LogP contribution is 2.34. The van der Waals surface area contributed by atoms with Crippen LogP contribution < -0.4 is 14.8 Å². The standard InChI is InChI=1S/C16H25NO3/c1-12(2)5-4-8-18-10-14(17-3)13-6-7-15-16(9-13)20-11-19-15/h6-7,9,12,14,17H,4-5,8,10-11H2,1-3H3. The van der Waals surface area contributed by atoms with E-state index in [1.165, 1.54) is 12.0 Å². The molecular formula is C16H25NO3. The Hall–Kier alpha value is -1.26. The van der Waals surface area contributed by atoms with Crippen LogP contribution in [0.2, 0.25) is 0 Å². The minimum Gasteiger partial charge on any atom is -0.454 e. The van der Waals surface area contributed by atoms with Crippen LogP contribution in [-0.4, -0.2) is 27.1 Å². The van der Waals surface area contributed by atoms with Gasteiger partial charge in [0.25, 0.3) is 0 Å². The smallest absolute Gasteiger partial charge is 0.231 e. The average molecular weight is 279 g/mol. The van der Waals surface area contributed by atoms with Gasteiger partial charge in [0.15, 0.2) is 11.5 Å². The molecule has 0 spiro atoms. The molecule has 1 heterocycles. The number of fused-ring (bicyclic) bond motifs is 1. The summed E-state index contributed by atoms with van der Waals surface area (Å²) in [6, 6.07) is 6.23. The third-order valence-electron chi connectivity index (χ3n) is 3.50. The Labute approximate surface area is 121 Å². The van der Waals surface area contributed by atoms with Crippen molar-refractivity contribution in [3.8, 4) is 11.5 Å². The Morgan fingerprint density at radius 1 is 1.25 bits per heavy atom. The van der Waals surface area contributed by atoms with Gasteiger partial charge in [-0.15, -0.1) is 0 Å². The molecule has 0 radical (unpaired) electrons. The van der Waals surface area contributed by atoms with Crippen LogP contribution in [0.25, 0.3) is 0 Å². The summed E-state index contributed by atoms with van der Waals surface area (Å²) in [5.41, 5.74) is 1.17. The molecule has 0 fully saturated rings. The van der Waals surface area contributed by atoms with Crippen LogP contribution in [0.3, 0.4) is 0 Å². The van der Waals surface area contributed by atoms with E-state index < -0.39 is 0 Å². The molecule has 0 saturated carbocycles. The molecule has 0 amide bonds. The predicted octanol–water partition coefficient (Wildman–Crippen LogP) is 3.13. The summed E-state index contributed by atoms with van der Waals surface area (Å²) in [5.74, 6) is 2.39. The van der Waals surface area contributed by atoms with Gasteiger partial charge in [-0.1, -0.05) is 19.9 Å². The van der Waals surface area contributed by atoms with Gasteiger partial charge in [0.1, 0.15) is 0 Å². The average Bonchev–Trinajstić information content (AvgIpc) is 2.89. The molecule has 0 aliphatic carbocycles. The highest BCUT2D eigenvalue weighted by molar-refractivity contribution is 5.45. The third-order valence-corrected chi connectivity index (χ3v) is 3.50. The number of likely N-dealkylation sites (N-methyl/N-ethyl adjacent to an activating group) is 1. The maximum absolute atomic E-state index is 5.78. The van der Waals surface area contributed by atoms with Crippen LogP contribution in [0, 0.1) is 5.92 Å². The third kappa shape index (κ3) is 4.12. The van der Waals surface area contributed by atoms with E-state index in [1.54, 1.807) is 0 Å². The van der Waals surface area contributed by atoms with Gasteiger partial charge in [0.2, 0.25) is 6.79 Å². The summed E-state index contributed by atoms with van der Waals surface area (Å²) >= 11 is 0. The summed E-state index contributed by atoms with van der Waals surface area (Å²) in [4.78, 5) is 0. The van der Waals surface area contributed by atoms with E-state index in [9.17, 15) is 0 Å². The van der Waals surface area contributed by atoms with Crippen LogP contribution in [0.5, 0.6) is 11.5 Å². The maximum atomic E-state index is 5.78. The van der Waals surface area contributed by atoms with Gasteiger partial charge >= 0.3 is 0 Å². The minimum atomic E-state index is 0.184. The molecule has 1 N–H and O–H groups in total. The van der Waals surface area contributed by atoms with Crippen molar-refractivity contribution < 1.29 is 14.2 Å². The number of nitrogens with one attached hydrogen (secondary N) is 1. The van der Waals surface area contributed by atoms with E-state index in [0.29, 0.717) is 13.4 Å². The van der Waals surface area contributed by atoms with Crippen molar-refractivity contribution in [3.05, 3.63) is 23.8 Å². The second kappa shape index (κ2) is 7.50. The first-order valence-corrected chi connectivity index (χ1v) is 7.35. The number of benzene rings is 1. The Morgan fingerprint density at radius 3 is 2.80 bits per heavy atom. The Morgan fingerprint density at radius 2 is 2.05 bits per heavy atom. The van der Waals surface area contributed by atoms with E-state index in [-0.39, 0.29) is 6.04 Å². The number of ether oxygens (including phenoxy) is 3. The lowest BCUT2D eigenvalue weighted by Crippen LogP contribution is -2.22. The van der Waals surface area contributed by atoms with Crippen molar-refractivity contribution in [1.29, 1.82) is 0 Å². The van der Waals surface area contributed by atoms with Crippen molar-refractivity contribution in [3.63, 3.8) is 0 Å². The second-order valence-electron chi connectivity index (χ2n) is 5.56. The summed E-state index contributed by atoms with van der Waals surface area (Å²) in [7, 11) is 1.95. The van der Waals surface area contributed by atoms with Gasteiger partial charge in [-0.25, -0.2) is 0 Å². The van der Waals surface area contributed by atoms with Crippen LogP contribution in [0.4, 0.5) is 0 Å². The molecule has 1 unspecified atom stereocenters. The Balaban J connectivity index is 1.82. The van der Waals surface area contributed by atoms with E-state index in [1.807, 2.05) is 19.2 Å². The number of hydrogen-bond donors (Lipinski definition) is 1. The van der Waals surface area contributed by atoms with Crippen molar-refractivity contribution in [2.75, 3.05) is 27.1 Å². The molecule has 20 heavy (non-hydrogen) atoms. The summed E-state index contributed by atoms with van der Waals surface area (Å²) in [6.07, 6.45) is 2.34. The topological polar surface area (TPSA) is 39.7 Å². The zero-order valence-electron chi connectivity index (χ0n) is 12.6. The zero-order chi connectivity index (χ0) is 14.4. The van der Waals surface area contributed by atoms with Crippen LogP contribution in [0.15, 0.2) is 18.2 Å². The van der Waals surface area contributed by atoms with Gasteiger partial charge in [-0.05, 0) is 43.5 Å². The molecule has 0 saturated heterocycles. The van der Waals surface area contributed by atoms with Gasteiger partial charge in [0.05, 0.1) is 12.6 Å². The molecule has 4 heteroatoms. The maximum Gasteiger partial charge on any atom is 0.231 e. The second-order valence-corrected chi connectivity index (χ2v) is 5.56. The lowest BCUT2D eigenvalue weighted by Gasteiger charge is -2.17. The lowest BCUT2D eigenvalue weighted by atomic mass is 10.1. The first-order chi connectivity index (χ1) is 9.70. The summed E-state index contributed by atoms with van der Waals surface area (Å²) < 4.78 is 16.5. The number of rotatable bonds is 8. The normalized spacial score (nSPS) is 14.8. The molecule has 1 aromatic carbocycles.